The van der Waals surface area contributed by atoms with Gasteiger partial charge in [-0.3, -0.25) is 0 Å². The molecule has 0 saturated carbocycles. The molecule has 0 aliphatic carbocycles. The molecule has 0 unspecified atom stereocenters. The molecule has 0 atom stereocenters. The minimum atomic E-state index is -0.136. The molecule has 14 heteroatoms. The van der Waals surface area contributed by atoms with Crippen LogP contribution in [0.25, 0.3) is 89.7 Å². The Balaban J connectivity index is 0.000000126. The van der Waals surface area contributed by atoms with E-state index < -0.39 is 0 Å². The van der Waals surface area contributed by atoms with Gasteiger partial charge in [-0.15, -0.1) is 0 Å². The Kier molecular flexibility index (Phi) is 25.7. The van der Waals surface area contributed by atoms with Gasteiger partial charge in [-0.05, 0) is 167 Å². The molecule has 0 amide bonds. The van der Waals surface area contributed by atoms with E-state index in [0.29, 0.717) is 45.6 Å². The van der Waals surface area contributed by atoms with Gasteiger partial charge < -0.3 is 40.4 Å². The van der Waals surface area contributed by atoms with Gasteiger partial charge in [-0.2, -0.15) is 0 Å². The number of hydrogen-bond acceptors (Lipinski definition) is 8. The summed E-state index contributed by atoms with van der Waals surface area (Å²) in [7, 11) is 0. The minimum Gasteiger partial charge on any atom is -0.872 e. The van der Waals surface area contributed by atoms with Gasteiger partial charge in [-0.25, -0.2) is 19.9 Å². The van der Waals surface area contributed by atoms with Crippen molar-refractivity contribution in [3.63, 3.8) is 0 Å². The number of nitrogens with zero attached hydrogens (tertiary/aromatic N) is 4. The predicted octanol–water partition coefficient (Wildman–Crippen LogP) is 23.2. The van der Waals surface area contributed by atoms with E-state index in [9.17, 15) is 20.4 Å². The number of aromatic amines is 4. The van der Waals surface area contributed by atoms with Gasteiger partial charge in [0.15, 0.2) is 0 Å². The fourth-order valence-corrected chi connectivity index (χ4v) is 16.5. The molecule has 16 aromatic carbocycles. The van der Waals surface area contributed by atoms with Crippen molar-refractivity contribution in [2.75, 3.05) is 0 Å². The topological polar surface area (TPSA) is 207 Å². The Bertz CT molecular complexity index is 5790. The quantitative estimate of drug-likeness (QED) is 0.0539. The van der Waals surface area contributed by atoms with Crippen LogP contribution in [0.4, 0.5) is 0 Å². The van der Waals surface area contributed by atoms with Gasteiger partial charge in [0.05, 0.1) is 44.1 Å². The number of nitrogens with one attached hydrogen (secondary N) is 4. The minimum absolute atomic E-state index is 0. The van der Waals surface area contributed by atoms with Gasteiger partial charge in [0, 0.05) is 45.9 Å². The average Bonchev–Trinajstić information content (AvgIpc) is 1.44. The van der Waals surface area contributed by atoms with Crippen molar-refractivity contribution in [2.24, 2.45) is 0 Å². The average molecular weight is 1690 g/mol. The third-order valence-electron chi connectivity index (χ3n) is 21.9. The van der Waals surface area contributed by atoms with Crippen LogP contribution < -0.4 is 20.4 Å². The van der Waals surface area contributed by atoms with Crippen LogP contribution in [0.1, 0.15) is 113 Å². The Hall–Kier alpha value is -14.2. The monoisotopic (exact) mass is 1680 g/mol. The zero-order valence-corrected chi connectivity index (χ0v) is 74.0. The summed E-state index contributed by atoms with van der Waals surface area (Å²) < 4.78 is 0. The van der Waals surface area contributed by atoms with E-state index in [4.69, 9.17) is 0 Å². The molecule has 0 radical (unpaired) electrons. The van der Waals surface area contributed by atoms with E-state index >= 15 is 0 Å². The maximum atomic E-state index is 13.7. The van der Waals surface area contributed by atoms with E-state index in [-0.39, 0.29) is 85.6 Å². The second-order valence-corrected chi connectivity index (χ2v) is 30.4. The summed E-state index contributed by atoms with van der Waals surface area (Å²) in [5, 5.41) is 54.9. The molecule has 20 aromatic rings. The molecule has 12 nitrogen and oxygen atoms in total. The number of rotatable bonds is 16. The van der Waals surface area contributed by atoms with E-state index in [1.165, 1.54) is 0 Å². The molecule has 0 saturated heterocycles. The van der Waals surface area contributed by atoms with Crippen LogP contribution in [0.2, 0.25) is 0 Å². The zero-order valence-electron chi connectivity index (χ0n) is 68.1. The van der Waals surface area contributed by atoms with Crippen LogP contribution in [0.5, 0.6) is 23.0 Å². The normalized spacial score (nSPS) is 11.1. The summed E-state index contributed by atoms with van der Waals surface area (Å²) in [6.07, 6.45) is 0. The van der Waals surface area contributed by atoms with Gasteiger partial charge in [-0.1, -0.05) is 361 Å². The molecule has 4 N–H and O–H groups in total. The third kappa shape index (κ3) is 18.1. The Morgan fingerprint density at radius 2 is 0.344 bits per heavy atom. The smallest absolute Gasteiger partial charge is 0.872 e. The van der Waals surface area contributed by atoms with E-state index in [1.807, 2.05) is 319 Å². The van der Waals surface area contributed by atoms with E-state index in [2.05, 4.69) is 137 Å². The molecule has 0 bridgehead atoms. The van der Waals surface area contributed by atoms with Crippen LogP contribution >= 0.6 is 0 Å². The van der Waals surface area contributed by atoms with Crippen molar-refractivity contribution in [3.8, 4) is 68.5 Å². The summed E-state index contributed by atoms with van der Waals surface area (Å²) in [5.41, 5.74) is 25.6. The van der Waals surface area contributed by atoms with Crippen molar-refractivity contribution in [1.29, 1.82) is 0 Å². The molecule has 0 aliphatic heterocycles. The molecule has 20 rings (SSSR count). The largest absolute Gasteiger partial charge is 2.00 e. The SMILES string of the molecule is Cc1cc(-c2nc3ccccc3[nH]2)c([O-])c(C(c2ccccc2)c2ccccc2)c1.Cc1cc(-c2nc3ccccc3[nH]2)c([O-])c(C(c2ccccc2)c2ccccc2)c1.Cc1cc(-c2nc3ccccc3[nH]2)c([O-])c(C(c2ccccc2)c2ccccc2)c1.Cc1cc(-c2nc3ccccc3[nH]2)c([O-])c(C(c2ccccc2)c2ccccc2)c1.[Zn+2].[Zn+2]. The zero-order chi connectivity index (χ0) is 82.0. The summed E-state index contributed by atoms with van der Waals surface area (Å²) in [6.45, 7) is 8.12. The van der Waals surface area contributed by atoms with Crippen molar-refractivity contribution >= 4 is 44.1 Å². The van der Waals surface area contributed by atoms with Crippen LogP contribution in [0.3, 0.4) is 0 Å². The maximum absolute atomic E-state index is 13.7. The maximum Gasteiger partial charge on any atom is 2.00 e. The Labute approximate surface area is 735 Å². The number of benzene rings is 16. The number of imidazole rings is 4. The van der Waals surface area contributed by atoms with Gasteiger partial charge >= 0.3 is 39.0 Å². The summed E-state index contributed by atoms with van der Waals surface area (Å²) in [4.78, 5) is 32.0. The molecular weight excluding hydrogens is 1600 g/mol. The fourth-order valence-electron chi connectivity index (χ4n) is 16.5. The van der Waals surface area contributed by atoms with Crippen LogP contribution in [0, 0.1) is 27.7 Å². The first-order valence-corrected chi connectivity index (χ1v) is 40.3. The number of aryl methyl sites for hydroxylation is 4. The first-order valence-electron chi connectivity index (χ1n) is 40.3. The summed E-state index contributed by atoms with van der Waals surface area (Å²) in [6, 6.07) is 129. The first kappa shape index (κ1) is 82.9. The molecule has 4 aromatic heterocycles. The van der Waals surface area contributed by atoms with Crippen LogP contribution in [-0.2, 0) is 39.0 Å². The van der Waals surface area contributed by atoms with Crippen molar-refractivity contribution in [1.82, 2.24) is 39.9 Å². The number of hydrogen-bond donors (Lipinski definition) is 4. The van der Waals surface area contributed by atoms with Crippen LogP contribution in [0.15, 0.2) is 388 Å². The second kappa shape index (κ2) is 37.8. The van der Waals surface area contributed by atoms with Crippen LogP contribution in [-0.4, -0.2) is 39.9 Å². The van der Waals surface area contributed by atoms with Crippen molar-refractivity contribution in [3.05, 3.63) is 477 Å². The molecule has 0 aliphatic rings. The van der Waals surface area contributed by atoms with Gasteiger partial charge in [0.2, 0.25) is 0 Å². The predicted molar refractivity (Wildman–Crippen MR) is 478 cm³/mol. The molecular formula is C108H84N8O4Zn2. The summed E-state index contributed by atoms with van der Waals surface area (Å²) >= 11 is 0. The molecule has 0 fully saturated rings. The number of fused-ring (bicyclic) bond motifs is 4. The Morgan fingerprint density at radius 1 is 0.197 bits per heavy atom. The number of aromatic nitrogens is 8. The number of H-pyrrole nitrogens is 4. The van der Waals surface area contributed by atoms with Gasteiger partial charge in [0.25, 0.3) is 0 Å². The standard InChI is InChI=1S/4C27H22N2O.2Zn/c4*1-18-16-21(25(19-10-4-2-5-11-19)20-12-6-3-7-13-20)26(30)22(17-18)27-28-23-14-8-9-15-24(23)29-27;;/h4*2-17,25,30H,1H3,(H,28,29);;/q;;;;2*+2/p-4. The fraction of sp³-hybridized carbons (Fsp3) is 0.0741. The first-order chi connectivity index (χ1) is 58.8. The Morgan fingerprint density at radius 3 is 0.500 bits per heavy atom. The molecule has 0 spiro atoms. The molecule has 4 heterocycles. The van der Waals surface area contributed by atoms with Crippen molar-refractivity contribution in [2.45, 2.75) is 51.4 Å². The van der Waals surface area contributed by atoms with E-state index in [1.54, 1.807) is 0 Å². The summed E-state index contributed by atoms with van der Waals surface area (Å²) in [5.74, 6) is 1.97. The third-order valence-corrected chi connectivity index (χ3v) is 21.9. The van der Waals surface area contributed by atoms with Gasteiger partial charge in [0.1, 0.15) is 23.3 Å². The van der Waals surface area contributed by atoms with Crippen molar-refractivity contribution < 1.29 is 59.4 Å². The number of para-hydroxylation sites is 8. The van der Waals surface area contributed by atoms with E-state index in [0.717, 1.165) is 133 Å². The molecule has 584 valence electrons. The second-order valence-electron chi connectivity index (χ2n) is 30.4. The molecule has 122 heavy (non-hydrogen) atoms.